The molecule has 1 aromatic rings. The number of hydrogen-bond acceptors (Lipinski definition) is 5. The normalized spacial score (nSPS) is 26.7. The van der Waals surface area contributed by atoms with E-state index in [1.807, 2.05) is 10.8 Å². The molecule has 0 N–H and O–H groups in total. The van der Waals surface area contributed by atoms with Crippen molar-refractivity contribution in [1.82, 2.24) is 14.5 Å². The monoisotopic (exact) mass is 423 g/mol. The van der Waals surface area contributed by atoms with Crippen LogP contribution in [0.1, 0.15) is 69.9 Å². The van der Waals surface area contributed by atoms with E-state index in [-0.39, 0.29) is 5.25 Å². The van der Waals surface area contributed by atoms with Gasteiger partial charge >= 0.3 is 0 Å². The van der Waals surface area contributed by atoms with Crippen molar-refractivity contribution >= 4 is 9.84 Å². The summed E-state index contributed by atoms with van der Waals surface area (Å²) in [5.74, 6) is 1.73. The highest BCUT2D eigenvalue weighted by atomic mass is 32.2. The fraction of sp³-hybridized carbons (Fsp3) is 0.864. The first-order valence-electron chi connectivity index (χ1n) is 11.6. The predicted molar refractivity (Wildman–Crippen MR) is 114 cm³/mol. The number of fused-ring (bicyclic) bond motifs is 1. The summed E-state index contributed by atoms with van der Waals surface area (Å²) in [5, 5.41) is 0.0416. The molecule has 2 aliphatic carbocycles. The summed E-state index contributed by atoms with van der Waals surface area (Å²) >= 11 is 0. The number of sulfone groups is 1. The average Bonchev–Trinajstić information content (AvgIpc) is 3.40. The Morgan fingerprint density at radius 3 is 2.55 bits per heavy atom. The van der Waals surface area contributed by atoms with Gasteiger partial charge in [-0.05, 0) is 50.5 Å². The van der Waals surface area contributed by atoms with Crippen LogP contribution >= 0.6 is 0 Å². The Balaban J connectivity index is 1.52. The van der Waals surface area contributed by atoms with Crippen molar-refractivity contribution in [2.45, 2.75) is 87.7 Å². The van der Waals surface area contributed by atoms with Gasteiger partial charge in [0.05, 0.1) is 17.1 Å². The first kappa shape index (κ1) is 21.3. The number of imidazole rings is 1. The van der Waals surface area contributed by atoms with Crippen molar-refractivity contribution in [3.05, 3.63) is 11.9 Å². The smallest absolute Gasteiger partial charge is 0.228 e. The number of aromatic nitrogens is 2. The van der Waals surface area contributed by atoms with Gasteiger partial charge in [0.1, 0.15) is 0 Å². The van der Waals surface area contributed by atoms with E-state index in [1.165, 1.54) is 32.1 Å². The van der Waals surface area contributed by atoms with Gasteiger partial charge in [0.15, 0.2) is 0 Å². The van der Waals surface area contributed by atoms with Crippen LogP contribution in [0.15, 0.2) is 11.4 Å². The van der Waals surface area contributed by atoms with Gasteiger partial charge in [0.2, 0.25) is 15.0 Å². The van der Waals surface area contributed by atoms with Gasteiger partial charge in [0.25, 0.3) is 0 Å². The first-order chi connectivity index (χ1) is 14.1. The number of likely N-dealkylation sites (tertiary alicyclic amines) is 1. The fourth-order valence-corrected chi connectivity index (χ4v) is 7.72. The number of nitrogens with zero attached hydrogens (tertiary/aromatic N) is 3. The molecule has 2 atom stereocenters. The lowest BCUT2D eigenvalue weighted by Gasteiger charge is -2.41. The quantitative estimate of drug-likeness (QED) is 0.597. The zero-order chi connectivity index (χ0) is 20.3. The van der Waals surface area contributed by atoms with Crippen LogP contribution in [0.3, 0.4) is 0 Å². The second-order valence-corrected chi connectivity index (χ2v) is 11.4. The molecule has 0 radical (unpaired) electrons. The summed E-state index contributed by atoms with van der Waals surface area (Å²) in [5.41, 5.74) is 1.05. The third-order valence-electron chi connectivity index (χ3n) is 7.39. The number of ether oxygens (including phenoxy) is 1. The van der Waals surface area contributed by atoms with E-state index < -0.39 is 9.84 Å². The Morgan fingerprint density at radius 2 is 1.79 bits per heavy atom. The Kier molecular flexibility index (Phi) is 6.97. The molecule has 164 valence electrons. The predicted octanol–water partition coefficient (Wildman–Crippen LogP) is 3.65. The fourth-order valence-electron chi connectivity index (χ4n) is 5.75. The largest absolute Gasteiger partial charge is 0.385 e. The van der Waals surface area contributed by atoms with Crippen LogP contribution in [0.2, 0.25) is 0 Å². The summed E-state index contributed by atoms with van der Waals surface area (Å²) in [6.07, 6.45) is 13.0. The van der Waals surface area contributed by atoms with E-state index in [4.69, 9.17) is 4.74 Å². The third kappa shape index (κ3) is 4.72. The van der Waals surface area contributed by atoms with Gasteiger partial charge < -0.3 is 9.30 Å². The molecule has 1 aromatic heterocycles. The van der Waals surface area contributed by atoms with Crippen molar-refractivity contribution in [3.8, 4) is 0 Å². The van der Waals surface area contributed by atoms with Crippen molar-refractivity contribution in [2.24, 2.45) is 11.8 Å². The summed E-state index contributed by atoms with van der Waals surface area (Å²) in [7, 11) is -1.66. The number of methoxy groups -OCH3 is 1. The highest BCUT2D eigenvalue weighted by Crippen LogP contribution is 2.36. The molecule has 2 saturated carbocycles. The zero-order valence-electron chi connectivity index (χ0n) is 17.9. The number of piperidine rings is 1. The Bertz CT molecular complexity index is 770. The van der Waals surface area contributed by atoms with Crippen LogP contribution < -0.4 is 0 Å². The minimum Gasteiger partial charge on any atom is -0.385 e. The summed E-state index contributed by atoms with van der Waals surface area (Å²) < 4.78 is 33.7. The topological polar surface area (TPSA) is 64.4 Å². The zero-order valence-corrected chi connectivity index (χ0v) is 18.7. The van der Waals surface area contributed by atoms with E-state index in [1.54, 1.807) is 7.11 Å². The van der Waals surface area contributed by atoms with E-state index in [0.29, 0.717) is 18.3 Å². The second-order valence-electron chi connectivity index (χ2n) is 9.31. The molecule has 1 aliphatic heterocycles. The number of rotatable bonds is 8. The molecule has 7 heteroatoms. The van der Waals surface area contributed by atoms with Crippen molar-refractivity contribution in [3.63, 3.8) is 0 Å². The van der Waals surface area contributed by atoms with E-state index in [2.05, 4.69) is 9.88 Å². The van der Waals surface area contributed by atoms with Gasteiger partial charge in [-0.2, -0.15) is 0 Å². The molecule has 0 aromatic carbocycles. The lowest BCUT2D eigenvalue weighted by atomic mass is 9.75. The van der Waals surface area contributed by atoms with Crippen molar-refractivity contribution in [1.29, 1.82) is 0 Å². The Morgan fingerprint density at radius 1 is 1.07 bits per heavy atom. The summed E-state index contributed by atoms with van der Waals surface area (Å²) in [6.45, 7) is 4.37. The summed E-state index contributed by atoms with van der Waals surface area (Å²) in [6, 6.07) is 0. The Hall–Kier alpha value is -0.920. The molecule has 3 fully saturated rings. The molecule has 0 spiro atoms. The molecule has 6 nitrogen and oxygen atoms in total. The van der Waals surface area contributed by atoms with Gasteiger partial charge in [-0.25, -0.2) is 13.4 Å². The molecule has 0 bridgehead atoms. The van der Waals surface area contributed by atoms with E-state index in [0.717, 1.165) is 69.3 Å². The number of hydrogen-bond donors (Lipinski definition) is 0. The molecular formula is C22H37N3O3S. The van der Waals surface area contributed by atoms with Crippen LogP contribution in [0.4, 0.5) is 0 Å². The van der Waals surface area contributed by atoms with Gasteiger partial charge in [-0.15, -0.1) is 0 Å². The van der Waals surface area contributed by atoms with Gasteiger partial charge in [-0.1, -0.05) is 32.1 Å². The van der Waals surface area contributed by atoms with Crippen LogP contribution in [-0.2, 0) is 27.7 Å². The molecule has 1 saturated heterocycles. The molecule has 3 aliphatic rings. The van der Waals surface area contributed by atoms with Crippen LogP contribution in [-0.4, -0.2) is 54.9 Å². The van der Waals surface area contributed by atoms with Crippen LogP contribution in [0.25, 0.3) is 0 Å². The molecule has 4 rings (SSSR count). The van der Waals surface area contributed by atoms with Crippen LogP contribution in [0.5, 0.6) is 0 Å². The molecular weight excluding hydrogens is 386 g/mol. The van der Waals surface area contributed by atoms with Crippen molar-refractivity contribution in [2.75, 3.05) is 26.8 Å². The average molecular weight is 424 g/mol. The summed E-state index contributed by atoms with van der Waals surface area (Å²) in [4.78, 5) is 7.00. The molecule has 2 heterocycles. The lowest BCUT2D eigenvalue weighted by Crippen LogP contribution is -2.41. The van der Waals surface area contributed by atoms with Crippen molar-refractivity contribution < 1.29 is 13.2 Å². The maximum absolute atomic E-state index is 13.3. The van der Waals surface area contributed by atoms with E-state index >= 15 is 0 Å². The highest BCUT2D eigenvalue weighted by molar-refractivity contribution is 7.91. The second kappa shape index (κ2) is 9.48. The first-order valence-corrected chi connectivity index (χ1v) is 13.1. The Labute approximate surface area is 175 Å². The third-order valence-corrected chi connectivity index (χ3v) is 9.57. The minimum absolute atomic E-state index is 0.253. The van der Waals surface area contributed by atoms with E-state index in [9.17, 15) is 8.42 Å². The van der Waals surface area contributed by atoms with Gasteiger partial charge in [-0.3, -0.25) is 4.90 Å². The molecule has 29 heavy (non-hydrogen) atoms. The maximum atomic E-state index is 13.3. The maximum Gasteiger partial charge on any atom is 0.228 e. The van der Waals surface area contributed by atoms with Gasteiger partial charge in [0, 0.05) is 33.4 Å². The van der Waals surface area contributed by atoms with Crippen LogP contribution in [0, 0.1) is 11.8 Å². The molecule has 0 amide bonds. The highest BCUT2D eigenvalue weighted by Gasteiger charge is 2.35. The molecule has 0 unspecified atom stereocenters. The standard InChI is InChI=1S/C22H37N3O3S/c1-28-14-6-12-25-20(15-23-22(25)29(26,27)21-9-4-5-10-21)17-24-13-11-18-7-2-3-8-19(18)16-24/h15,18-19,21H,2-14,16-17H2,1H3/t18-,19-/m0/s1. The SMILES string of the molecule is COCCCn1c(CN2CC[C@@H]3CCCC[C@H]3C2)cnc1S(=O)(=O)C1CCCC1. The minimum atomic E-state index is -3.35. The lowest BCUT2D eigenvalue weighted by molar-refractivity contribution is 0.0801.